The number of likely N-dealkylation sites (N-methyl/N-ethyl adjacent to an activating group) is 1. The summed E-state index contributed by atoms with van der Waals surface area (Å²) in [5, 5.41) is 4.65. The zero-order valence-electron chi connectivity index (χ0n) is 21.6. The molecule has 36 heavy (non-hydrogen) atoms. The van der Waals surface area contributed by atoms with Crippen molar-refractivity contribution < 1.29 is 18.0 Å². The number of nitrogens with one attached hydrogen (secondary N) is 1. The molecule has 7 nitrogen and oxygen atoms in total. The van der Waals surface area contributed by atoms with Gasteiger partial charge in [-0.05, 0) is 55.7 Å². The van der Waals surface area contributed by atoms with Gasteiger partial charge in [-0.1, -0.05) is 67.1 Å². The van der Waals surface area contributed by atoms with E-state index in [1.807, 2.05) is 69.3 Å². The highest BCUT2D eigenvalue weighted by molar-refractivity contribution is 7.89. The second kappa shape index (κ2) is 11.7. The predicted octanol–water partition coefficient (Wildman–Crippen LogP) is 4.10. The summed E-state index contributed by atoms with van der Waals surface area (Å²) in [6.07, 6.45) is 0.761. The minimum Gasteiger partial charge on any atom is -0.352 e. The first-order chi connectivity index (χ1) is 17.0. The Morgan fingerprint density at radius 1 is 0.944 bits per heavy atom. The van der Waals surface area contributed by atoms with Crippen LogP contribution in [0.2, 0.25) is 0 Å². The highest BCUT2D eigenvalue weighted by Gasteiger charge is 2.30. The normalized spacial score (nSPS) is 13.4. The quantitative estimate of drug-likeness (QED) is 0.446. The van der Waals surface area contributed by atoms with E-state index in [2.05, 4.69) is 5.32 Å². The Morgan fingerprint density at radius 2 is 1.58 bits per heavy atom. The van der Waals surface area contributed by atoms with E-state index in [1.54, 1.807) is 25.1 Å². The molecule has 3 aromatic carbocycles. The highest BCUT2D eigenvalue weighted by Crippen LogP contribution is 2.22. The topological polar surface area (TPSA) is 86.8 Å². The van der Waals surface area contributed by atoms with Crippen molar-refractivity contribution in [1.29, 1.82) is 0 Å². The minimum atomic E-state index is -3.92. The Bertz CT molecular complexity index is 1320. The summed E-state index contributed by atoms with van der Waals surface area (Å²) >= 11 is 0. The van der Waals surface area contributed by atoms with Crippen LogP contribution in [0.1, 0.15) is 38.3 Å². The monoisotopic (exact) mass is 509 g/mol. The molecular weight excluding hydrogens is 474 g/mol. The molecule has 0 aromatic heterocycles. The molecule has 0 unspecified atom stereocenters. The first-order valence-corrected chi connectivity index (χ1v) is 13.6. The van der Waals surface area contributed by atoms with Gasteiger partial charge in [0.15, 0.2) is 0 Å². The zero-order valence-corrected chi connectivity index (χ0v) is 22.4. The summed E-state index contributed by atoms with van der Waals surface area (Å²) in [6, 6.07) is 19.3. The standard InChI is InChI=1S/C28H35N3O4S/c1-6-21(3)29-28(33)22(4)31(18-23-13-11-20(2)12-14-23)27(32)19-30(5)36(34,35)26-16-15-24-9-7-8-10-25(24)17-26/h7-17,21-22H,6,18-19H2,1-5H3,(H,29,33)/t21-,22+/m0/s1. The van der Waals surface area contributed by atoms with Gasteiger partial charge in [-0.3, -0.25) is 9.59 Å². The SMILES string of the molecule is CC[C@H](C)NC(=O)[C@@H](C)N(Cc1ccc(C)cc1)C(=O)CN(C)S(=O)(=O)c1ccc2ccccc2c1. The molecule has 192 valence electrons. The van der Waals surface area contributed by atoms with Crippen molar-refractivity contribution in [2.24, 2.45) is 0 Å². The van der Waals surface area contributed by atoms with Gasteiger partial charge in [-0.25, -0.2) is 8.42 Å². The largest absolute Gasteiger partial charge is 0.352 e. The second-order valence-corrected chi connectivity index (χ2v) is 11.3. The van der Waals surface area contributed by atoms with Crippen molar-refractivity contribution in [3.8, 4) is 0 Å². The summed E-state index contributed by atoms with van der Waals surface area (Å²) in [7, 11) is -2.54. The Kier molecular flexibility index (Phi) is 8.87. The van der Waals surface area contributed by atoms with Crippen molar-refractivity contribution in [2.75, 3.05) is 13.6 Å². The number of amides is 2. The number of sulfonamides is 1. The molecule has 0 saturated carbocycles. The number of fused-ring (bicyclic) bond motifs is 1. The summed E-state index contributed by atoms with van der Waals surface area (Å²) in [4.78, 5) is 27.9. The van der Waals surface area contributed by atoms with E-state index in [4.69, 9.17) is 0 Å². The van der Waals surface area contributed by atoms with Gasteiger partial charge in [0.05, 0.1) is 11.4 Å². The molecule has 1 N–H and O–H groups in total. The number of benzene rings is 3. The summed E-state index contributed by atoms with van der Waals surface area (Å²) in [5.74, 6) is -0.723. The molecule has 0 spiro atoms. The number of nitrogens with zero attached hydrogens (tertiary/aromatic N) is 2. The van der Waals surface area contributed by atoms with E-state index >= 15 is 0 Å². The maximum absolute atomic E-state index is 13.5. The highest BCUT2D eigenvalue weighted by atomic mass is 32.2. The van der Waals surface area contributed by atoms with Gasteiger partial charge in [-0.2, -0.15) is 4.31 Å². The van der Waals surface area contributed by atoms with Crippen molar-refractivity contribution in [1.82, 2.24) is 14.5 Å². The van der Waals surface area contributed by atoms with Gasteiger partial charge in [0.1, 0.15) is 6.04 Å². The number of carbonyl (C=O) groups excluding carboxylic acids is 2. The van der Waals surface area contributed by atoms with E-state index in [0.717, 1.165) is 32.6 Å². The average Bonchev–Trinajstić information content (AvgIpc) is 2.87. The Balaban J connectivity index is 1.84. The molecule has 2 amide bonds. The second-order valence-electron chi connectivity index (χ2n) is 9.27. The molecule has 3 aromatic rings. The molecule has 0 aliphatic heterocycles. The van der Waals surface area contributed by atoms with Crippen LogP contribution >= 0.6 is 0 Å². The third kappa shape index (κ3) is 6.50. The van der Waals surface area contributed by atoms with Crippen LogP contribution in [-0.2, 0) is 26.2 Å². The van der Waals surface area contributed by atoms with Gasteiger partial charge in [-0.15, -0.1) is 0 Å². The van der Waals surface area contributed by atoms with Crippen molar-refractivity contribution >= 4 is 32.6 Å². The lowest BCUT2D eigenvalue weighted by Crippen LogP contribution is -2.51. The fourth-order valence-electron chi connectivity index (χ4n) is 3.81. The lowest BCUT2D eigenvalue weighted by atomic mass is 10.1. The summed E-state index contributed by atoms with van der Waals surface area (Å²) in [6.45, 7) is 7.32. The number of rotatable bonds is 10. The molecule has 0 aliphatic carbocycles. The molecule has 0 radical (unpaired) electrons. The van der Waals surface area contributed by atoms with Crippen molar-refractivity contribution in [3.05, 3.63) is 77.9 Å². The maximum Gasteiger partial charge on any atom is 0.243 e. The first kappa shape index (κ1) is 27.4. The van der Waals surface area contributed by atoms with Crippen LogP contribution in [0.15, 0.2) is 71.6 Å². The third-order valence-corrected chi connectivity index (χ3v) is 8.23. The minimum absolute atomic E-state index is 0.0350. The van der Waals surface area contributed by atoms with Crippen LogP contribution in [0.5, 0.6) is 0 Å². The molecule has 0 saturated heterocycles. The van der Waals surface area contributed by atoms with Gasteiger partial charge < -0.3 is 10.2 Å². The van der Waals surface area contributed by atoms with Gasteiger partial charge in [0.2, 0.25) is 21.8 Å². The van der Waals surface area contributed by atoms with E-state index < -0.39 is 22.0 Å². The van der Waals surface area contributed by atoms with E-state index in [-0.39, 0.29) is 29.9 Å². The number of aryl methyl sites for hydroxylation is 1. The van der Waals surface area contributed by atoms with Crippen LogP contribution in [-0.4, -0.2) is 55.1 Å². The number of hydrogen-bond donors (Lipinski definition) is 1. The molecular formula is C28H35N3O4S. The van der Waals surface area contributed by atoms with Crippen LogP contribution in [0.4, 0.5) is 0 Å². The van der Waals surface area contributed by atoms with Gasteiger partial charge >= 0.3 is 0 Å². The van der Waals surface area contributed by atoms with E-state index in [1.165, 1.54) is 11.9 Å². The zero-order chi connectivity index (χ0) is 26.5. The average molecular weight is 510 g/mol. The maximum atomic E-state index is 13.5. The molecule has 0 heterocycles. The van der Waals surface area contributed by atoms with Gasteiger partial charge in [0, 0.05) is 19.6 Å². The Labute approximate surface area is 214 Å². The van der Waals surface area contributed by atoms with Crippen molar-refractivity contribution in [2.45, 2.75) is 57.6 Å². The first-order valence-electron chi connectivity index (χ1n) is 12.1. The lowest BCUT2D eigenvalue weighted by Gasteiger charge is -2.31. The molecule has 8 heteroatoms. The van der Waals surface area contributed by atoms with Crippen LogP contribution < -0.4 is 5.32 Å². The smallest absolute Gasteiger partial charge is 0.243 e. The Morgan fingerprint density at radius 3 is 2.22 bits per heavy atom. The molecule has 0 aliphatic rings. The lowest BCUT2D eigenvalue weighted by molar-refractivity contribution is -0.140. The number of hydrogen-bond acceptors (Lipinski definition) is 4. The summed E-state index contributed by atoms with van der Waals surface area (Å²) < 4.78 is 27.6. The number of carbonyl (C=O) groups is 2. The predicted molar refractivity (Wildman–Crippen MR) is 143 cm³/mol. The summed E-state index contributed by atoms with van der Waals surface area (Å²) in [5.41, 5.74) is 1.94. The van der Waals surface area contributed by atoms with E-state index in [0.29, 0.717) is 0 Å². The molecule has 3 rings (SSSR count). The fourth-order valence-corrected chi connectivity index (χ4v) is 4.97. The Hall–Kier alpha value is -3.23. The molecule has 2 atom stereocenters. The van der Waals surface area contributed by atoms with E-state index in [9.17, 15) is 18.0 Å². The molecule has 0 fully saturated rings. The van der Waals surface area contributed by atoms with Gasteiger partial charge in [0.25, 0.3) is 0 Å². The van der Waals surface area contributed by atoms with Crippen molar-refractivity contribution in [3.63, 3.8) is 0 Å². The fraction of sp³-hybridized carbons (Fsp3) is 0.357. The third-order valence-electron chi connectivity index (χ3n) is 6.43. The van der Waals surface area contributed by atoms with Crippen LogP contribution in [0, 0.1) is 6.92 Å². The van der Waals surface area contributed by atoms with Crippen LogP contribution in [0.3, 0.4) is 0 Å². The molecule has 0 bridgehead atoms. The van der Waals surface area contributed by atoms with Crippen LogP contribution in [0.25, 0.3) is 10.8 Å².